The molecule has 8 nitrogen and oxygen atoms in total. The Morgan fingerprint density at radius 2 is 2.15 bits per heavy atom. The molecule has 0 radical (unpaired) electrons. The van der Waals surface area contributed by atoms with Gasteiger partial charge in [-0.1, -0.05) is 0 Å². The fraction of sp³-hybridized carbons (Fsp3) is 0.353. The minimum absolute atomic E-state index is 0.266. The first-order chi connectivity index (χ1) is 12.6. The number of anilines is 2. The molecule has 136 valence electrons. The molecule has 1 amide bonds. The quantitative estimate of drug-likeness (QED) is 0.719. The van der Waals surface area contributed by atoms with Crippen molar-refractivity contribution in [3.63, 3.8) is 0 Å². The molecule has 0 atom stereocenters. The number of hydrogen-bond acceptors (Lipinski definition) is 8. The molecule has 0 aliphatic carbocycles. The Morgan fingerprint density at radius 1 is 1.38 bits per heavy atom. The number of primary amides is 1. The van der Waals surface area contributed by atoms with Crippen LogP contribution >= 0.6 is 11.3 Å². The van der Waals surface area contributed by atoms with Gasteiger partial charge in [0.15, 0.2) is 0 Å². The number of ether oxygens (including phenoxy) is 1. The third-order valence-corrected chi connectivity index (χ3v) is 5.77. The van der Waals surface area contributed by atoms with Gasteiger partial charge < -0.3 is 25.5 Å². The van der Waals surface area contributed by atoms with E-state index < -0.39 is 5.91 Å². The van der Waals surface area contributed by atoms with Gasteiger partial charge in [0.05, 0.1) is 35.4 Å². The van der Waals surface area contributed by atoms with Crippen LogP contribution in [0.5, 0.6) is 0 Å². The second kappa shape index (κ2) is 6.58. The third kappa shape index (κ3) is 2.78. The smallest absolute Gasteiger partial charge is 0.260 e. The summed E-state index contributed by atoms with van der Waals surface area (Å²) in [5.41, 5.74) is 13.4. The first-order valence-electron chi connectivity index (χ1n) is 8.28. The number of methoxy groups -OCH3 is 1. The number of fused-ring (bicyclic) bond motifs is 1. The molecule has 9 heteroatoms. The monoisotopic (exact) mass is 373 g/mol. The van der Waals surface area contributed by atoms with E-state index in [9.17, 15) is 4.79 Å². The average molecular weight is 373 g/mol. The molecule has 1 aliphatic rings. The van der Waals surface area contributed by atoms with E-state index in [4.69, 9.17) is 25.6 Å². The SMILES string of the molecule is COC1CCN(c2nc(-c3ccoc3)c3c(N)c(C(N)=O)sc3n2)CC1. The van der Waals surface area contributed by atoms with Gasteiger partial charge >= 0.3 is 0 Å². The number of aromatic nitrogens is 2. The van der Waals surface area contributed by atoms with Crippen LogP contribution in [-0.4, -0.2) is 42.2 Å². The van der Waals surface area contributed by atoms with Gasteiger partial charge in [0, 0.05) is 25.8 Å². The molecule has 4 rings (SSSR count). The van der Waals surface area contributed by atoms with Crippen LogP contribution < -0.4 is 16.4 Å². The number of furan rings is 1. The molecule has 1 aliphatic heterocycles. The minimum Gasteiger partial charge on any atom is -0.472 e. The summed E-state index contributed by atoms with van der Waals surface area (Å²) in [4.78, 5) is 24.2. The summed E-state index contributed by atoms with van der Waals surface area (Å²) < 4.78 is 10.6. The topological polar surface area (TPSA) is 120 Å². The van der Waals surface area contributed by atoms with Crippen molar-refractivity contribution in [3.05, 3.63) is 23.5 Å². The predicted octanol–water partition coefficient (Wildman–Crippen LogP) is 2.25. The van der Waals surface area contributed by atoms with Crippen LogP contribution in [0, 0.1) is 0 Å². The summed E-state index contributed by atoms with van der Waals surface area (Å²) in [5, 5.41) is 0.640. The number of carbonyl (C=O) groups excluding carboxylic acids is 1. The lowest BCUT2D eigenvalue weighted by molar-refractivity contribution is 0.0817. The second-order valence-corrected chi connectivity index (χ2v) is 7.19. The molecule has 0 bridgehead atoms. The molecule has 26 heavy (non-hydrogen) atoms. The zero-order chi connectivity index (χ0) is 18.3. The summed E-state index contributed by atoms with van der Waals surface area (Å²) in [6.45, 7) is 1.61. The number of thiophene rings is 1. The molecule has 1 saturated heterocycles. The zero-order valence-corrected chi connectivity index (χ0v) is 15.1. The van der Waals surface area contributed by atoms with Crippen LogP contribution in [0.2, 0.25) is 0 Å². The maximum atomic E-state index is 11.7. The number of nitrogens with two attached hydrogens (primary N) is 2. The fourth-order valence-corrected chi connectivity index (χ4v) is 4.18. The maximum absolute atomic E-state index is 11.7. The molecule has 0 unspecified atom stereocenters. The van der Waals surface area contributed by atoms with Gasteiger partial charge in [0.2, 0.25) is 5.95 Å². The number of nitrogens with zero attached hydrogens (tertiary/aromatic N) is 3. The molecule has 3 aromatic heterocycles. The summed E-state index contributed by atoms with van der Waals surface area (Å²) in [7, 11) is 1.74. The number of amides is 1. The predicted molar refractivity (Wildman–Crippen MR) is 100 cm³/mol. The van der Waals surface area contributed by atoms with E-state index in [2.05, 4.69) is 9.88 Å². The highest BCUT2D eigenvalue weighted by atomic mass is 32.1. The van der Waals surface area contributed by atoms with Crippen molar-refractivity contribution in [2.75, 3.05) is 30.8 Å². The Hall–Kier alpha value is -2.65. The van der Waals surface area contributed by atoms with Crippen molar-refractivity contribution in [2.45, 2.75) is 18.9 Å². The van der Waals surface area contributed by atoms with Gasteiger partial charge in [-0.3, -0.25) is 4.79 Å². The van der Waals surface area contributed by atoms with Crippen LogP contribution in [0.15, 0.2) is 23.0 Å². The van der Waals surface area contributed by atoms with Crippen molar-refractivity contribution in [3.8, 4) is 11.3 Å². The van der Waals surface area contributed by atoms with Crippen LogP contribution in [0.1, 0.15) is 22.5 Å². The van der Waals surface area contributed by atoms with Crippen molar-refractivity contribution in [1.29, 1.82) is 0 Å². The van der Waals surface area contributed by atoms with Gasteiger partial charge in [-0.25, -0.2) is 9.97 Å². The van der Waals surface area contributed by atoms with Gasteiger partial charge in [0.25, 0.3) is 5.91 Å². The Bertz CT molecular complexity index is 945. The van der Waals surface area contributed by atoms with E-state index in [1.54, 1.807) is 19.6 Å². The number of carbonyl (C=O) groups is 1. The van der Waals surface area contributed by atoms with Crippen molar-refractivity contribution in [1.82, 2.24) is 9.97 Å². The van der Waals surface area contributed by atoms with Crippen molar-refractivity contribution < 1.29 is 13.9 Å². The molecule has 1 fully saturated rings. The van der Waals surface area contributed by atoms with E-state index in [-0.39, 0.29) is 6.10 Å². The summed E-state index contributed by atoms with van der Waals surface area (Å²) >= 11 is 1.19. The number of piperidine rings is 1. The highest BCUT2D eigenvalue weighted by molar-refractivity contribution is 7.21. The Kier molecular flexibility index (Phi) is 4.25. The lowest BCUT2D eigenvalue weighted by atomic mass is 10.1. The molecule has 4 N–H and O–H groups in total. The van der Waals surface area contributed by atoms with E-state index in [1.807, 2.05) is 6.07 Å². The van der Waals surface area contributed by atoms with E-state index in [1.165, 1.54) is 11.3 Å². The normalized spacial score (nSPS) is 15.7. The molecule has 4 heterocycles. The summed E-state index contributed by atoms with van der Waals surface area (Å²) in [5.74, 6) is 0.0478. The maximum Gasteiger partial charge on any atom is 0.260 e. The molecular weight excluding hydrogens is 354 g/mol. The van der Waals surface area contributed by atoms with Crippen LogP contribution in [0.25, 0.3) is 21.5 Å². The van der Waals surface area contributed by atoms with Gasteiger partial charge in [-0.2, -0.15) is 0 Å². The third-order valence-electron chi connectivity index (χ3n) is 4.65. The van der Waals surface area contributed by atoms with E-state index >= 15 is 0 Å². The fourth-order valence-electron chi connectivity index (χ4n) is 3.23. The Labute approximate surface area is 153 Å². The van der Waals surface area contributed by atoms with Crippen LogP contribution in [-0.2, 0) is 4.74 Å². The Balaban J connectivity index is 1.84. The summed E-state index contributed by atoms with van der Waals surface area (Å²) in [6.07, 6.45) is 5.27. The largest absolute Gasteiger partial charge is 0.472 e. The summed E-state index contributed by atoms with van der Waals surface area (Å²) in [6, 6.07) is 1.81. The lowest BCUT2D eigenvalue weighted by Crippen LogP contribution is -2.37. The highest BCUT2D eigenvalue weighted by Gasteiger charge is 2.25. The first kappa shape index (κ1) is 16.8. The molecule has 0 aromatic carbocycles. The number of nitrogen functional groups attached to an aromatic ring is 1. The number of rotatable bonds is 4. The lowest BCUT2D eigenvalue weighted by Gasteiger charge is -2.31. The standard InChI is InChI=1S/C17H19N5O3S/c1-24-10-2-5-22(6-3-10)17-20-13(9-4-7-25-8-9)11-12(18)14(15(19)23)26-16(11)21-17/h4,7-8,10H,2-3,5-6,18H2,1H3,(H2,19,23). The first-order valence-corrected chi connectivity index (χ1v) is 9.10. The molecule has 0 saturated carbocycles. The molecular formula is C17H19N5O3S. The van der Waals surface area contributed by atoms with Crippen molar-refractivity contribution in [2.24, 2.45) is 5.73 Å². The zero-order valence-electron chi connectivity index (χ0n) is 14.3. The average Bonchev–Trinajstić information content (AvgIpc) is 3.29. The minimum atomic E-state index is -0.564. The van der Waals surface area contributed by atoms with Gasteiger partial charge in [0.1, 0.15) is 9.71 Å². The molecule has 0 spiro atoms. The van der Waals surface area contributed by atoms with Crippen LogP contribution in [0.4, 0.5) is 11.6 Å². The highest BCUT2D eigenvalue weighted by Crippen LogP contribution is 2.39. The van der Waals surface area contributed by atoms with Crippen LogP contribution in [0.3, 0.4) is 0 Å². The second-order valence-electron chi connectivity index (χ2n) is 6.20. The van der Waals surface area contributed by atoms with Gasteiger partial charge in [-0.05, 0) is 18.9 Å². The Morgan fingerprint density at radius 3 is 2.77 bits per heavy atom. The number of hydrogen-bond donors (Lipinski definition) is 2. The molecule has 3 aromatic rings. The van der Waals surface area contributed by atoms with E-state index in [0.29, 0.717) is 32.4 Å². The van der Waals surface area contributed by atoms with E-state index in [0.717, 1.165) is 31.5 Å². The van der Waals surface area contributed by atoms with Gasteiger partial charge in [-0.15, -0.1) is 11.3 Å². The van der Waals surface area contributed by atoms with Crippen molar-refractivity contribution >= 4 is 39.1 Å².